The SMILES string of the molecule is c1ccc(C(C[n+]2cn(-c3ccccc3)c3ccccc32)n2cnc3ccccc32)cc1. The molecule has 0 fully saturated rings. The summed E-state index contributed by atoms with van der Waals surface area (Å²) >= 11 is 0. The number of fused-ring (bicyclic) bond motifs is 2. The number of nitrogens with zero attached hydrogens (tertiary/aromatic N) is 4. The lowest BCUT2D eigenvalue weighted by atomic mass is 10.1. The predicted molar refractivity (Wildman–Crippen MR) is 128 cm³/mol. The molecule has 1 atom stereocenters. The van der Waals surface area contributed by atoms with E-state index in [1.807, 2.05) is 12.4 Å². The highest BCUT2D eigenvalue weighted by Gasteiger charge is 2.23. The zero-order valence-electron chi connectivity index (χ0n) is 17.6. The molecule has 4 heteroatoms. The summed E-state index contributed by atoms with van der Waals surface area (Å²) in [4.78, 5) is 4.67. The van der Waals surface area contributed by atoms with Crippen LogP contribution in [0.15, 0.2) is 122 Å². The van der Waals surface area contributed by atoms with E-state index in [1.54, 1.807) is 0 Å². The largest absolute Gasteiger partial charge is 0.319 e. The molecule has 2 aromatic heterocycles. The fourth-order valence-electron chi connectivity index (χ4n) is 4.56. The highest BCUT2D eigenvalue weighted by Crippen LogP contribution is 2.25. The lowest BCUT2D eigenvalue weighted by Crippen LogP contribution is -2.37. The average Bonchev–Trinajstić information content (AvgIpc) is 3.45. The zero-order valence-corrected chi connectivity index (χ0v) is 17.6. The van der Waals surface area contributed by atoms with Gasteiger partial charge in [0.15, 0.2) is 11.0 Å². The van der Waals surface area contributed by atoms with Crippen molar-refractivity contribution in [2.45, 2.75) is 12.6 Å². The van der Waals surface area contributed by atoms with Crippen molar-refractivity contribution in [3.05, 3.63) is 127 Å². The van der Waals surface area contributed by atoms with Crippen LogP contribution in [0.2, 0.25) is 0 Å². The van der Waals surface area contributed by atoms with E-state index in [2.05, 4.69) is 128 Å². The maximum absolute atomic E-state index is 4.67. The van der Waals surface area contributed by atoms with E-state index < -0.39 is 0 Å². The van der Waals surface area contributed by atoms with Gasteiger partial charge in [-0.2, -0.15) is 4.57 Å². The first-order valence-electron chi connectivity index (χ1n) is 10.9. The van der Waals surface area contributed by atoms with E-state index in [0.717, 1.165) is 23.3 Å². The summed E-state index contributed by atoms with van der Waals surface area (Å²) in [5, 5.41) is 0. The van der Waals surface area contributed by atoms with Gasteiger partial charge in [-0.25, -0.2) is 9.55 Å². The van der Waals surface area contributed by atoms with Gasteiger partial charge in [-0.15, -0.1) is 0 Å². The number of para-hydroxylation sites is 5. The maximum Gasteiger partial charge on any atom is 0.250 e. The third-order valence-electron chi connectivity index (χ3n) is 6.11. The Bertz CT molecular complexity index is 1500. The van der Waals surface area contributed by atoms with Crippen LogP contribution in [0.1, 0.15) is 11.6 Å². The highest BCUT2D eigenvalue weighted by atomic mass is 15.2. The monoisotopic (exact) mass is 415 g/mol. The molecule has 0 amide bonds. The highest BCUT2D eigenvalue weighted by molar-refractivity contribution is 5.75. The summed E-state index contributed by atoms with van der Waals surface area (Å²) in [7, 11) is 0. The minimum absolute atomic E-state index is 0.114. The Morgan fingerprint density at radius 1 is 0.688 bits per heavy atom. The summed E-state index contributed by atoms with van der Waals surface area (Å²) in [6.45, 7) is 0.796. The van der Waals surface area contributed by atoms with E-state index >= 15 is 0 Å². The third kappa shape index (κ3) is 3.17. The molecule has 0 saturated heterocycles. The van der Waals surface area contributed by atoms with Crippen LogP contribution in [0.3, 0.4) is 0 Å². The van der Waals surface area contributed by atoms with Crippen molar-refractivity contribution in [3.63, 3.8) is 0 Å². The zero-order chi connectivity index (χ0) is 21.3. The number of hydrogen-bond acceptors (Lipinski definition) is 1. The number of benzene rings is 4. The smallest absolute Gasteiger partial charge is 0.250 e. The van der Waals surface area contributed by atoms with Crippen LogP contribution in [0.5, 0.6) is 0 Å². The molecule has 0 aliphatic heterocycles. The molecule has 4 aromatic carbocycles. The molecule has 0 N–H and O–H groups in total. The van der Waals surface area contributed by atoms with Crippen LogP contribution in [-0.4, -0.2) is 14.1 Å². The van der Waals surface area contributed by atoms with Gasteiger partial charge in [-0.1, -0.05) is 72.8 Å². The van der Waals surface area contributed by atoms with E-state index in [4.69, 9.17) is 0 Å². The van der Waals surface area contributed by atoms with E-state index in [0.29, 0.717) is 0 Å². The normalized spacial score (nSPS) is 12.4. The van der Waals surface area contributed by atoms with Crippen molar-refractivity contribution in [1.29, 1.82) is 0 Å². The van der Waals surface area contributed by atoms with Crippen LogP contribution in [0.25, 0.3) is 27.8 Å². The Morgan fingerprint density at radius 2 is 1.34 bits per heavy atom. The van der Waals surface area contributed by atoms with Gasteiger partial charge in [0.1, 0.15) is 12.2 Å². The first-order valence-corrected chi connectivity index (χ1v) is 10.9. The van der Waals surface area contributed by atoms with Gasteiger partial charge in [0.25, 0.3) is 0 Å². The minimum Gasteiger partial charge on any atom is -0.319 e. The Hall–Kier alpha value is -4.18. The quantitative estimate of drug-likeness (QED) is 0.339. The predicted octanol–water partition coefficient (Wildman–Crippen LogP) is 5.56. The Morgan fingerprint density at radius 3 is 2.16 bits per heavy atom. The average molecular weight is 416 g/mol. The van der Waals surface area contributed by atoms with E-state index in [-0.39, 0.29) is 6.04 Å². The van der Waals surface area contributed by atoms with Gasteiger partial charge in [-0.3, -0.25) is 0 Å². The second kappa shape index (κ2) is 7.82. The Balaban J connectivity index is 1.52. The van der Waals surface area contributed by atoms with Crippen molar-refractivity contribution in [3.8, 4) is 5.69 Å². The maximum atomic E-state index is 4.67. The molecular weight excluding hydrogens is 392 g/mol. The number of imidazole rings is 2. The Labute approximate surface area is 186 Å². The van der Waals surface area contributed by atoms with Crippen molar-refractivity contribution >= 4 is 22.1 Å². The van der Waals surface area contributed by atoms with Crippen LogP contribution < -0.4 is 4.57 Å². The molecular formula is C28H23N4+. The molecule has 6 rings (SSSR count). The van der Waals surface area contributed by atoms with Gasteiger partial charge in [0.05, 0.1) is 23.4 Å². The van der Waals surface area contributed by atoms with Crippen LogP contribution in [0.4, 0.5) is 0 Å². The lowest BCUT2D eigenvalue weighted by Gasteiger charge is -2.18. The molecule has 0 bridgehead atoms. The fraction of sp³-hybridized carbons (Fsp3) is 0.0714. The first kappa shape index (κ1) is 18.6. The van der Waals surface area contributed by atoms with E-state index in [9.17, 15) is 0 Å². The summed E-state index contributed by atoms with van der Waals surface area (Å²) in [6.07, 6.45) is 4.19. The molecule has 4 nitrogen and oxygen atoms in total. The van der Waals surface area contributed by atoms with Gasteiger partial charge in [-0.05, 0) is 42.0 Å². The second-order valence-electron chi connectivity index (χ2n) is 8.03. The molecule has 0 spiro atoms. The van der Waals surface area contributed by atoms with Crippen molar-refractivity contribution in [2.24, 2.45) is 0 Å². The minimum atomic E-state index is 0.114. The summed E-state index contributed by atoms with van der Waals surface area (Å²) in [5.74, 6) is 0. The number of rotatable bonds is 5. The van der Waals surface area contributed by atoms with Gasteiger partial charge in [0, 0.05) is 0 Å². The molecule has 32 heavy (non-hydrogen) atoms. The van der Waals surface area contributed by atoms with Crippen molar-refractivity contribution in [2.75, 3.05) is 0 Å². The first-order chi connectivity index (χ1) is 15.9. The standard InChI is InChI=1S/C28H23N4/c1-3-11-22(12-4-1)28(31-20-29-24-15-7-8-16-25(24)31)19-30-21-32(23-13-5-2-6-14-23)27-18-10-9-17-26(27)30/h1-18,20-21,28H,19H2/q+1. The molecule has 6 aromatic rings. The molecule has 154 valence electrons. The van der Waals surface area contributed by atoms with E-state index in [1.165, 1.54) is 16.6 Å². The second-order valence-corrected chi connectivity index (χ2v) is 8.03. The summed E-state index contributed by atoms with van der Waals surface area (Å²) in [6, 6.07) is 38.3. The molecule has 2 heterocycles. The van der Waals surface area contributed by atoms with Crippen LogP contribution in [-0.2, 0) is 6.54 Å². The summed E-state index contributed by atoms with van der Waals surface area (Å²) < 4.78 is 6.92. The van der Waals surface area contributed by atoms with Gasteiger partial charge in [0.2, 0.25) is 6.33 Å². The van der Waals surface area contributed by atoms with Crippen molar-refractivity contribution < 1.29 is 4.57 Å². The molecule has 0 radical (unpaired) electrons. The molecule has 0 aliphatic rings. The molecule has 0 aliphatic carbocycles. The van der Waals surface area contributed by atoms with Crippen LogP contribution >= 0.6 is 0 Å². The third-order valence-corrected chi connectivity index (χ3v) is 6.11. The number of aromatic nitrogens is 4. The van der Waals surface area contributed by atoms with Gasteiger partial charge >= 0.3 is 0 Å². The van der Waals surface area contributed by atoms with Crippen molar-refractivity contribution in [1.82, 2.24) is 14.1 Å². The number of hydrogen-bond donors (Lipinski definition) is 0. The Kier molecular flexibility index (Phi) is 4.54. The van der Waals surface area contributed by atoms with Crippen LogP contribution in [0, 0.1) is 0 Å². The molecule has 1 unspecified atom stereocenters. The summed E-state index contributed by atoms with van der Waals surface area (Å²) in [5.41, 5.74) is 6.99. The fourth-order valence-corrected chi connectivity index (χ4v) is 4.56. The lowest BCUT2D eigenvalue weighted by molar-refractivity contribution is -0.675. The van der Waals surface area contributed by atoms with Gasteiger partial charge < -0.3 is 4.57 Å². The topological polar surface area (TPSA) is 26.6 Å². The molecule has 0 saturated carbocycles.